The van der Waals surface area contributed by atoms with Gasteiger partial charge in [0.15, 0.2) is 5.78 Å². The molecule has 0 saturated heterocycles. The van der Waals surface area contributed by atoms with Gasteiger partial charge in [0.25, 0.3) is 0 Å². The van der Waals surface area contributed by atoms with E-state index in [2.05, 4.69) is 44.2 Å². The lowest BCUT2D eigenvalue weighted by Gasteiger charge is -2.06. The van der Waals surface area contributed by atoms with Gasteiger partial charge in [-0.1, -0.05) is 76.3 Å². The van der Waals surface area contributed by atoms with Crippen molar-refractivity contribution in [2.45, 2.75) is 78.1 Å². The minimum absolute atomic E-state index is 0.290. The summed E-state index contributed by atoms with van der Waals surface area (Å²) in [6.07, 6.45) is 11.6. The molecular formula is C25H32O. The summed E-state index contributed by atoms with van der Waals surface area (Å²) in [4.78, 5) is 12.3. The number of unbranched alkanes of at least 4 members (excludes halogenated alkanes) is 5. The van der Waals surface area contributed by atoms with E-state index in [-0.39, 0.29) is 0 Å². The van der Waals surface area contributed by atoms with E-state index in [1.165, 1.54) is 66.3 Å². The van der Waals surface area contributed by atoms with Crippen LogP contribution in [0.2, 0.25) is 0 Å². The zero-order chi connectivity index (χ0) is 18.4. The van der Waals surface area contributed by atoms with Crippen LogP contribution in [0, 0.1) is 0 Å². The van der Waals surface area contributed by atoms with Crippen LogP contribution in [0.5, 0.6) is 0 Å². The van der Waals surface area contributed by atoms with E-state index in [4.69, 9.17) is 0 Å². The van der Waals surface area contributed by atoms with Gasteiger partial charge in [-0.2, -0.15) is 0 Å². The summed E-state index contributed by atoms with van der Waals surface area (Å²) in [5, 5.41) is 0. The van der Waals surface area contributed by atoms with Gasteiger partial charge in [-0.15, -0.1) is 0 Å². The van der Waals surface area contributed by atoms with Crippen molar-refractivity contribution in [3.8, 4) is 11.1 Å². The first kappa shape index (κ1) is 18.9. The third-order valence-corrected chi connectivity index (χ3v) is 5.59. The number of benzene rings is 2. The van der Waals surface area contributed by atoms with Crippen molar-refractivity contribution in [2.75, 3.05) is 0 Å². The van der Waals surface area contributed by atoms with Gasteiger partial charge in [0, 0.05) is 12.0 Å². The fourth-order valence-electron chi connectivity index (χ4n) is 4.01. The SMILES string of the molecule is CCCCCCCc1ccc2c(c1)Cc1cc(C(=O)CCCC)ccc1-2. The minimum atomic E-state index is 0.290. The molecule has 0 aliphatic heterocycles. The van der Waals surface area contributed by atoms with Gasteiger partial charge in [0.2, 0.25) is 0 Å². The number of carbonyl (C=O) groups is 1. The summed E-state index contributed by atoms with van der Waals surface area (Å²) < 4.78 is 0. The predicted molar refractivity (Wildman–Crippen MR) is 111 cm³/mol. The van der Waals surface area contributed by atoms with Gasteiger partial charge in [0.05, 0.1) is 0 Å². The summed E-state index contributed by atoms with van der Waals surface area (Å²) in [5.41, 5.74) is 7.80. The first-order chi connectivity index (χ1) is 12.7. The average molecular weight is 349 g/mol. The maximum Gasteiger partial charge on any atom is 0.162 e. The Balaban J connectivity index is 1.66. The van der Waals surface area contributed by atoms with E-state index in [9.17, 15) is 4.79 Å². The fourth-order valence-corrected chi connectivity index (χ4v) is 4.01. The highest BCUT2D eigenvalue weighted by Crippen LogP contribution is 2.37. The molecule has 0 atom stereocenters. The Bertz CT molecular complexity index is 757. The molecule has 1 aliphatic rings. The zero-order valence-corrected chi connectivity index (χ0v) is 16.4. The first-order valence-electron chi connectivity index (χ1n) is 10.5. The molecule has 2 aromatic rings. The molecule has 2 aromatic carbocycles. The summed E-state index contributed by atoms with van der Waals surface area (Å²) in [5.74, 6) is 0.290. The van der Waals surface area contributed by atoms with Crippen LogP contribution in [-0.4, -0.2) is 5.78 Å². The van der Waals surface area contributed by atoms with Crippen LogP contribution >= 0.6 is 0 Å². The molecule has 0 N–H and O–H groups in total. The van der Waals surface area contributed by atoms with E-state index < -0.39 is 0 Å². The molecule has 0 unspecified atom stereocenters. The van der Waals surface area contributed by atoms with E-state index >= 15 is 0 Å². The maximum atomic E-state index is 12.3. The van der Waals surface area contributed by atoms with E-state index in [1.54, 1.807) is 0 Å². The molecule has 138 valence electrons. The maximum absolute atomic E-state index is 12.3. The second-order valence-corrected chi connectivity index (χ2v) is 7.73. The molecule has 3 rings (SSSR count). The highest BCUT2D eigenvalue weighted by molar-refractivity contribution is 5.97. The molecule has 0 fully saturated rings. The van der Waals surface area contributed by atoms with Crippen molar-refractivity contribution in [1.29, 1.82) is 0 Å². The molecule has 0 amide bonds. The lowest BCUT2D eigenvalue weighted by Crippen LogP contribution is -1.99. The summed E-state index contributed by atoms with van der Waals surface area (Å²) in [7, 11) is 0. The number of ketones is 1. The lowest BCUT2D eigenvalue weighted by atomic mass is 9.98. The van der Waals surface area contributed by atoms with E-state index in [0.717, 1.165) is 24.8 Å². The normalized spacial score (nSPS) is 12.1. The topological polar surface area (TPSA) is 17.1 Å². The number of carbonyl (C=O) groups excluding carboxylic acids is 1. The molecule has 0 aromatic heterocycles. The monoisotopic (exact) mass is 348 g/mol. The Morgan fingerprint density at radius 1 is 0.808 bits per heavy atom. The largest absolute Gasteiger partial charge is 0.294 e. The van der Waals surface area contributed by atoms with Crippen LogP contribution in [0.15, 0.2) is 36.4 Å². The molecule has 0 saturated carbocycles. The van der Waals surface area contributed by atoms with E-state index in [0.29, 0.717) is 12.2 Å². The molecule has 0 heterocycles. The number of Topliss-reactive ketones (excluding diaryl/α,β-unsaturated/α-hetero) is 1. The number of fused-ring (bicyclic) bond motifs is 3. The van der Waals surface area contributed by atoms with Gasteiger partial charge in [-0.25, -0.2) is 0 Å². The van der Waals surface area contributed by atoms with Crippen LogP contribution < -0.4 is 0 Å². The highest BCUT2D eigenvalue weighted by atomic mass is 16.1. The summed E-state index contributed by atoms with van der Waals surface area (Å²) in [6, 6.07) is 13.3. The van der Waals surface area contributed by atoms with Gasteiger partial charge in [-0.05, 0) is 59.6 Å². The first-order valence-corrected chi connectivity index (χ1v) is 10.5. The highest BCUT2D eigenvalue weighted by Gasteiger charge is 2.20. The third kappa shape index (κ3) is 4.44. The quantitative estimate of drug-likeness (QED) is 0.281. The summed E-state index contributed by atoms with van der Waals surface area (Å²) >= 11 is 0. The van der Waals surface area contributed by atoms with Gasteiger partial charge in [-0.3, -0.25) is 4.79 Å². The second kappa shape index (κ2) is 9.16. The Morgan fingerprint density at radius 2 is 1.50 bits per heavy atom. The standard InChI is InChI=1S/C25H32O/c1-3-5-7-8-9-10-19-12-14-23-21(16-19)18-22-17-20(13-15-24(22)23)25(26)11-6-4-2/h12-17H,3-11,18H2,1-2H3. The number of hydrogen-bond donors (Lipinski definition) is 0. The van der Waals surface area contributed by atoms with Crippen LogP contribution in [-0.2, 0) is 12.8 Å². The molecule has 0 radical (unpaired) electrons. The van der Waals surface area contributed by atoms with Crippen molar-refractivity contribution in [3.63, 3.8) is 0 Å². The molecule has 1 nitrogen and oxygen atoms in total. The van der Waals surface area contributed by atoms with Crippen molar-refractivity contribution in [3.05, 3.63) is 58.7 Å². The van der Waals surface area contributed by atoms with Crippen LogP contribution in [0.3, 0.4) is 0 Å². The predicted octanol–water partition coefficient (Wildman–Crippen LogP) is 7.14. The summed E-state index contributed by atoms with van der Waals surface area (Å²) in [6.45, 7) is 4.40. The van der Waals surface area contributed by atoms with Crippen molar-refractivity contribution in [1.82, 2.24) is 0 Å². The van der Waals surface area contributed by atoms with Crippen LogP contribution in [0.4, 0.5) is 0 Å². The fraction of sp³-hybridized carbons (Fsp3) is 0.480. The Labute approximate surface area is 158 Å². The smallest absolute Gasteiger partial charge is 0.162 e. The van der Waals surface area contributed by atoms with Crippen molar-refractivity contribution in [2.24, 2.45) is 0 Å². The third-order valence-electron chi connectivity index (χ3n) is 5.59. The Morgan fingerprint density at radius 3 is 2.27 bits per heavy atom. The van der Waals surface area contributed by atoms with E-state index in [1.807, 2.05) is 6.07 Å². The van der Waals surface area contributed by atoms with Crippen molar-refractivity contribution < 1.29 is 4.79 Å². The molecule has 1 heteroatoms. The second-order valence-electron chi connectivity index (χ2n) is 7.73. The van der Waals surface area contributed by atoms with Gasteiger partial charge < -0.3 is 0 Å². The van der Waals surface area contributed by atoms with Crippen LogP contribution in [0.1, 0.15) is 92.3 Å². The molecule has 26 heavy (non-hydrogen) atoms. The Hall–Kier alpha value is -1.89. The average Bonchev–Trinajstić information content (AvgIpc) is 3.02. The number of aryl methyl sites for hydroxylation is 1. The number of hydrogen-bond acceptors (Lipinski definition) is 1. The molecule has 1 aliphatic carbocycles. The van der Waals surface area contributed by atoms with Gasteiger partial charge in [0.1, 0.15) is 0 Å². The van der Waals surface area contributed by atoms with Gasteiger partial charge >= 0.3 is 0 Å². The zero-order valence-electron chi connectivity index (χ0n) is 16.4. The van der Waals surface area contributed by atoms with Crippen LogP contribution in [0.25, 0.3) is 11.1 Å². The molecule has 0 spiro atoms. The number of rotatable bonds is 10. The molecular weight excluding hydrogens is 316 g/mol. The van der Waals surface area contributed by atoms with Crippen molar-refractivity contribution >= 4 is 5.78 Å². The lowest BCUT2D eigenvalue weighted by molar-refractivity contribution is 0.0979. The minimum Gasteiger partial charge on any atom is -0.294 e. The molecule has 0 bridgehead atoms. The Kier molecular flexibility index (Phi) is 6.66.